The van der Waals surface area contributed by atoms with Crippen LogP contribution in [0.25, 0.3) is 0 Å². The van der Waals surface area contributed by atoms with Crippen LogP contribution in [0.15, 0.2) is 42.5 Å². The maximum Gasteiger partial charge on any atom is 0.276 e. The van der Waals surface area contributed by atoms with Crippen molar-refractivity contribution in [2.75, 3.05) is 13.2 Å². The molecule has 0 saturated heterocycles. The van der Waals surface area contributed by atoms with Gasteiger partial charge in [0.15, 0.2) is 11.7 Å². The fourth-order valence-electron chi connectivity index (χ4n) is 2.89. The van der Waals surface area contributed by atoms with E-state index in [0.717, 1.165) is 18.4 Å². The first-order chi connectivity index (χ1) is 15.9. The maximum atomic E-state index is 12.3. The van der Waals surface area contributed by atoms with E-state index in [9.17, 15) is 9.59 Å². The average Bonchev–Trinajstić information content (AvgIpc) is 2.79. The molecule has 0 aliphatic carbocycles. The molecule has 0 heterocycles. The minimum Gasteiger partial charge on any atom is -0.494 e. The highest BCUT2D eigenvalue weighted by molar-refractivity contribution is 7.80. The van der Waals surface area contributed by atoms with Crippen molar-refractivity contribution in [1.29, 1.82) is 0 Å². The standard InChI is InChI=1S/C24H30ClN3O4S/c1-3-4-5-6-7-14-31-20-11-8-18(9-12-20)23(30)26-24(33)28-27-22(29)16-32-21-13-10-19(25)15-17(21)2/h8-13,15H,3-7,14,16H2,1-2H3,(H,27,29)(H2,26,28,30,33). The summed E-state index contributed by atoms with van der Waals surface area (Å²) in [7, 11) is 0. The largest absolute Gasteiger partial charge is 0.494 e. The van der Waals surface area contributed by atoms with E-state index in [1.165, 1.54) is 19.3 Å². The molecule has 0 aliphatic heterocycles. The first-order valence-electron chi connectivity index (χ1n) is 10.9. The van der Waals surface area contributed by atoms with Gasteiger partial charge in [0.1, 0.15) is 11.5 Å². The second-order valence-electron chi connectivity index (χ2n) is 7.44. The molecule has 0 radical (unpaired) electrons. The number of halogens is 1. The number of carbonyl (C=O) groups is 2. The van der Waals surface area contributed by atoms with E-state index in [4.69, 9.17) is 33.3 Å². The van der Waals surface area contributed by atoms with Crippen LogP contribution in [0.3, 0.4) is 0 Å². The molecule has 2 rings (SSSR count). The van der Waals surface area contributed by atoms with Gasteiger partial charge in [-0.3, -0.25) is 25.8 Å². The summed E-state index contributed by atoms with van der Waals surface area (Å²) in [6.45, 7) is 4.44. The van der Waals surface area contributed by atoms with Gasteiger partial charge < -0.3 is 9.47 Å². The zero-order chi connectivity index (χ0) is 24.1. The Morgan fingerprint density at radius 1 is 0.970 bits per heavy atom. The van der Waals surface area contributed by atoms with E-state index in [2.05, 4.69) is 23.1 Å². The van der Waals surface area contributed by atoms with Crippen molar-refractivity contribution in [3.05, 3.63) is 58.6 Å². The molecule has 178 valence electrons. The van der Waals surface area contributed by atoms with Gasteiger partial charge in [0, 0.05) is 10.6 Å². The fourth-order valence-corrected chi connectivity index (χ4v) is 3.26. The van der Waals surface area contributed by atoms with Gasteiger partial charge in [-0.25, -0.2) is 0 Å². The Kier molecular flexibility index (Phi) is 11.5. The van der Waals surface area contributed by atoms with Gasteiger partial charge in [0.25, 0.3) is 11.8 Å². The summed E-state index contributed by atoms with van der Waals surface area (Å²) in [5.74, 6) is 0.401. The molecule has 0 atom stereocenters. The molecule has 0 aliphatic rings. The average molecular weight is 492 g/mol. The van der Waals surface area contributed by atoms with Crippen LogP contribution in [0, 0.1) is 6.92 Å². The highest BCUT2D eigenvalue weighted by Gasteiger charge is 2.10. The van der Waals surface area contributed by atoms with Crippen LogP contribution in [-0.4, -0.2) is 30.1 Å². The van der Waals surface area contributed by atoms with Gasteiger partial charge in [0.05, 0.1) is 6.61 Å². The molecule has 0 spiro atoms. The summed E-state index contributed by atoms with van der Waals surface area (Å²) in [6.07, 6.45) is 5.86. The molecule has 2 amide bonds. The number of thiocarbonyl (C=S) groups is 1. The summed E-state index contributed by atoms with van der Waals surface area (Å²) < 4.78 is 11.1. The molecule has 0 fully saturated rings. The SMILES string of the molecule is CCCCCCCOc1ccc(C(=O)NC(=S)NNC(=O)COc2ccc(Cl)cc2C)cc1. The van der Waals surface area contributed by atoms with Gasteiger partial charge in [0.2, 0.25) is 0 Å². The van der Waals surface area contributed by atoms with Crippen molar-refractivity contribution in [2.24, 2.45) is 0 Å². The number of ether oxygens (including phenoxy) is 2. The molecule has 2 aromatic carbocycles. The van der Waals surface area contributed by atoms with Crippen molar-refractivity contribution < 1.29 is 19.1 Å². The molecule has 7 nitrogen and oxygen atoms in total. The van der Waals surface area contributed by atoms with Crippen molar-refractivity contribution in [2.45, 2.75) is 46.0 Å². The summed E-state index contributed by atoms with van der Waals surface area (Å²) in [4.78, 5) is 24.3. The van der Waals surface area contributed by atoms with E-state index in [-0.39, 0.29) is 11.7 Å². The molecule has 9 heteroatoms. The molecule has 0 saturated carbocycles. The predicted octanol–water partition coefficient (Wildman–Crippen LogP) is 4.71. The number of hydrogen-bond acceptors (Lipinski definition) is 5. The summed E-state index contributed by atoms with van der Waals surface area (Å²) >= 11 is 10.9. The van der Waals surface area contributed by atoms with Crippen LogP contribution in [0.4, 0.5) is 0 Å². The number of carbonyl (C=O) groups excluding carboxylic acids is 2. The van der Waals surface area contributed by atoms with Crippen molar-refractivity contribution >= 4 is 40.7 Å². The summed E-state index contributed by atoms with van der Waals surface area (Å²) in [5, 5.41) is 3.05. The quantitative estimate of drug-likeness (QED) is 0.239. The van der Waals surface area contributed by atoms with Crippen LogP contribution in [-0.2, 0) is 4.79 Å². The monoisotopic (exact) mass is 491 g/mol. The van der Waals surface area contributed by atoms with Gasteiger partial charge in [-0.1, -0.05) is 44.2 Å². The van der Waals surface area contributed by atoms with E-state index in [1.54, 1.807) is 42.5 Å². The molecular weight excluding hydrogens is 462 g/mol. The molecule has 0 unspecified atom stereocenters. The molecule has 33 heavy (non-hydrogen) atoms. The third-order valence-electron chi connectivity index (χ3n) is 4.67. The van der Waals surface area contributed by atoms with Crippen LogP contribution >= 0.6 is 23.8 Å². The number of benzene rings is 2. The Labute approximate surface area is 205 Å². The highest BCUT2D eigenvalue weighted by Crippen LogP contribution is 2.21. The van der Waals surface area contributed by atoms with Crippen LogP contribution in [0.2, 0.25) is 5.02 Å². The predicted molar refractivity (Wildman–Crippen MR) is 134 cm³/mol. The lowest BCUT2D eigenvalue weighted by atomic mass is 10.2. The second-order valence-corrected chi connectivity index (χ2v) is 8.29. The number of aryl methyl sites for hydroxylation is 1. The molecule has 0 aromatic heterocycles. The molecule has 3 N–H and O–H groups in total. The lowest BCUT2D eigenvalue weighted by Gasteiger charge is -2.12. The zero-order valence-electron chi connectivity index (χ0n) is 18.9. The maximum absolute atomic E-state index is 12.3. The van der Waals surface area contributed by atoms with Crippen molar-refractivity contribution in [1.82, 2.24) is 16.2 Å². The van der Waals surface area contributed by atoms with E-state index in [1.807, 2.05) is 6.92 Å². The summed E-state index contributed by atoms with van der Waals surface area (Å²) in [5.41, 5.74) is 6.09. The van der Waals surface area contributed by atoms with Crippen molar-refractivity contribution in [3.8, 4) is 11.5 Å². The van der Waals surface area contributed by atoms with E-state index < -0.39 is 11.8 Å². The smallest absolute Gasteiger partial charge is 0.276 e. The van der Waals surface area contributed by atoms with Gasteiger partial charge in [-0.05, 0) is 73.6 Å². The number of rotatable bonds is 11. The number of nitrogens with one attached hydrogen (secondary N) is 3. The van der Waals surface area contributed by atoms with Crippen LogP contribution < -0.4 is 25.6 Å². The Hall–Kier alpha value is -2.84. The minimum atomic E-state index is -0.461. The second kappa shape index (κ2) is 14.3. The normalized spacial score (nSPS) is 10.3. The number of hydrazine groups is 1. The van der Waals surface area contributed by atoms with Gasteiger partial charge in [-0.2, -0.15) is 0 Å². The fraction of sp³-hybridized carbons (Fsp3) is 0.375. The van der Waals surface area contributed by atoms with Crippen LogP contribution in [0.5, 0.6) is 11.5 Å². The van der Waals surface area contributed by atoms with Gasteiger partial charge in [-0.15, -0.1) is 0 Å². The first kappa shape index (κ1) is 26.4. The molecule has 2 aromatic rings. The van der Waals surface area contributed by atoms with E-state index in [0.29, 0.717) is 28.7 Å². The summed E-state index contributed by atoms with van der Waals surface area (Å²) in [6, 6.07) is 11.9. The highest BCUT2D eigenvalue weighted by atomic mass is 35.5. The lowest BCUT2D eigenvalue weighted by Crippen LogP contribution is -2.49. The molecule has 0 bridgehead atoms. The molecular formula is C24H30ClN3O4S. The number of hydrogen-bond donors (Lipinski definition) is 3. The minimum absolute atomic E-state index is 0.0385. The van der Waals surface area contributed by atoms with E-state index >= 15 is 0 Å². The third kappa shape index (κ3) is 10.1. The van der Waals surface area contributed by atoms with Crippen molar-refractivity contribution in [3.63, 3.8) is 0 Å². The van der Waals surface area contributed by atoms with Crippen LogP contribution in [0.1, 0.15) is 54.9 Å². The third-order valence-corrected chi connectivity index (χ3v) is 5.11. The topological polar surface area (TPSA) is 88.7 Å². The zero-order valence-corrected chi connectivity index (χ0v) is 20.5. The Morgan fingerprint density at radius 2 is 1.70 bits per heavy atom. The van der Waals surface area contributed by atoms with Gasteiger partial charge >= 0.3 is 0 Å². The Balaban J connectivity index is 1.67. The lowest BCUT2D eigenvalue weighted by molar-refractivity contribution is -0.123. The number of unbranched alkanes of at least 4 members (excludes halogenated alkanes) is 4. The Bertz CT molecular complexity index is 938. The Morgan fingerprint density at radius 3 is 2.39 bits per heavy atom. The first-order valence-corrected chi connectivity index (χ1v) is 11.7. The number of amides is 2.